The van der Waals surface area contributed by atoms with Gasteiger partial charge >= 0.3 is 6.03 Å². The number of amides is 3. The highest BCUT2D eigenvalue weighted by molar-refractivity contribution is 8.00. The number of hydrogen-bond donors (Lipinski definition) is 3. The van der Waals surface area contributed by atoms with Crippen LogP contribution in [-0.4, -0.2) is 41.2 Å². The third-order valence-corrected chi connectivity index (χ3v) is 5.99. The van der Waals surface area contributed by atoms with Crippen molar-refractivity contribution in [2.24, 2.45) is 10.3 Å². The summed E-state index contributed by atoms with van der Waals surface area (Å²) in [6, 6.07) is 6.97. The highest BCUT2D eigenvalue weighted by Crippen LogP contribution is 2.33. The van der Waals surface area contributed by atoms with Gasteiger partial charge in [-0.25, -0.2) is 10.2 Å². The lowest BCUT2D eigenvalue weighted by molar-refractivity contribution is -0.121. The first-order chi connectivity index (χ1) is 12.7. The molecular weight excluding hydrogens is 354 g/mol. The van der Waals surface area contributed by atoms with E-state index in [1.165, 1.54) is 6.21 Å². The molecule has 3 N–H and O–H groups in total. The molecular formula is C17H21N5O3S. The van der Waals surface area contributed by atoms with Crippen LogP contribution in [0.2, 0.25) is 0 Å². The van der Waals surface area contributed by atoms with Crippen LogP contribution in [0.15, 0.2) is 34.5 Å². The van der Waals surface area contributed by atoms with Crippen LogP contribution in [0.3, 0.4) is 0 Å². The molecule has 8 nitrogen and oxygen atoms in total. The molecule has 0 spiro atoms. The third-order valence-electron chi connectivity index (χ3n) is 4.48. The van der Waals surface area contributed by atoms with Crippen LogP contribution in [0.1, 0.15) is 31.2 Å². The number of hydrazone groups is 1. The molecule has 9 heteroatoms. The molecule has 2 fully saturated rings. The monoisotopic (exact) mass is 375 g/mol. The molecule has 26 heavy (non-hydrogen) atoms. The smallest absolute Gasteiger partial charge is 0.315 e. The second-order valence-electron chi connectivity index (χ2n) is 6.34. The normalized spacial score (nSPS) is 24.2. The lowest BCUT2D eigenvalue weighted by Gasteiger charge is -2.16. The maximum atomic E-state index is 11.8. The summed E-state index contributed by atoms with van der Waals surface area (Å²) in [4.78, 5) is 33.5. The van der Waals surface area contributed by atoms with Crippen LogP contribution < -0.4 is 16.1 Å². The number of nitrogens with one attached hydrogen (secondary N) is 3. The van der Waals surface area contributed by atoms with Crippen molar-refractivity contribution in [3.05, 3.63) is 34.7 Å². The summed E-state index contributed by atoms with van der Waals surface area (Å²) >= 11 is 1.88. The van der Waals surface area contributed by atoms with Gasteiger partial charge in [0.1, 0.15) is 5.69 Å². The highest BCUT2D eigenvalue weighted by atomic mass is 32.2. The van der Waals surface area contributed by atoms with Gasteiger partial charge in [0.25, 0.3) is 0 Å². The van der Waals surface area contributed by atoms with Crippen molar-refractivity contribution in [2.45, 2.75) is 43.0 Å². The SMILES string of the molecule is O=Nc1ccc(/C=N/NC(=O)CCCC[C@@H]2SC[C@@H]3NC(=O)N[C@@H]32)cc1. The van der Waals surface area contributed by atoms with Gasteiger partial charge in [-0.05, 0) is 35.7 Å². The summed E-state index contributed by atoms with van der Waals surface area (Å²) < 4.78 is 0. The Balaban J connectivity index is 1.31. The predicted octanol–water partition coefficient (Wildman–Crippen LogP) is 2.26. The Morgan fingerprint density at radius 2 is 2.08 bits per heavy atom. The molecule has 0 bridgehead atoms. The Hall–Kier alpha value is -2.42. The number of unbranched alkanes of at least 4 members (excludes halogenated alkanes) is 1. The molecule has 0 unspecified atom stereocenters. The molecule has 2 aliphatic rings. The summed E-state index contributed by atoms with van der Waals surface area (Å²) in [7, 11) is 0. The number of carbonyl (C=O) groups excluding carboxylic acids is 2. The van der Waals surface area contributed by atoms with E-state index in [0.29, 0.717) is 17.4 Å². The van der Waals surface area contributed by atoms with Crippen molar-refractivity contribution in [3.63, 3.8) is 0 Å². The van der Waals surface area contributed by atoms with E-state index in [2.05, 4.69) is 26.3 Å². The van der Waals surface area contributed by atoms with Gasteiger partial charge in [0, 0.05) is 17.4 Å². The van der Waals surface area contributed by atoms with Gasteiger partial charge < -0.3 is 10.6 Å². The largest absolute Gasteiger partial charge is 0.332 e. The van der Waals surface area contributed by atoms with Crippen LogP contribution in [0.4, 0.5) is 10.5 Å². The lowest BCUT2D eigenvalue weighted by Crippen LogP contribution is -2.36. The third kappa shape index (κ3) is 4.81. The van der Waals surface area contributed by atoms with E-state index in [-0.39, 0.29) is 24.0 Å². The quantitative estimate of drug-likeness (QED) is 0.213. The number of carbonyl (C=O) groups is 2. The van der Waals surface area contributed by atoms with Gasteiger partial charge in [0.15, 0.2) is 0 Å². The fourth-order valence-corrected chi connectivity index (χ4v) is 4.67. The van der Waals surface area contributed by atoms with Crippen LogP contribution in [0.25, 0.3) is 0 Å². The first kappa shape index (κ1) is 18.4. The zero-order chi connectivity index (χ0) is 18.4. The molecule has 0 aliphatic carbocycles. The van der Waals surface area contributed by atoms with Crippen LogP contribution in [0.5, 0.6) is 0 Å². The van der Waals surface area contributed by atoms with Gasteiger partial charge in [-0.15, -0.1) is 4.91 Å². The van der Waals surface area contributed by atoms with Gasteiger partial charge in [-0.3, -0.25) is 4.79 Å². The summed E-state index contributed by atoms with van der Waals surface area (Å²) in [6.45, 7) is 0. The predicted molar refractivity (Wildman–Crippen MR) is 102 cm³/mol. The molecule has 138 valence electrons. The Morgan fingerprint density at radius 1 is 1.27 bits per heavy atom. The molecule has 1 aromatic rings. The van der Waals surface area contributed by atoms with Gasteiger partial charge in [-0.2, -0.15) is 16.9 Å². The molecule has 0 saturated carbocycles. The van der Waals surface area contributed by atoms with E-state index in [1.54, 1.807) is 24.3 Å². The Morgan fingerprint density at radius 3 is 2.85 bits per heavy atom. The van der Waals surface area contributed by atoms with Crippen molar-refractivity contribution in [1.29, 1.82) is 0 Å². The maximum absolute atomic E-state index is 11.8. The standard InChI is InChI=1S/C17H21N5O3S/c23-15(21-18-9-11-5-7-12(22-25)8-6-11)4-2-1-3-14-16-13(10-26-14)19-17(24)20-16/h5-9,13-14,16H,1-4,10H2,(H,21,23)(H2,19,20,24)/b18-9+/t13-,14-,16-/m0/s1. The number of rotatable bonds is 8. The van der Waals surface area contributed by atoms with E-state index in [0.717, 1.165) is 30.6 Å². The molecule has 3 amide bonds. The second-order valence-corrected chi connectivity index (χ2v) is 7.62. The fraction of sp³-hybridized carbons (Fsp3) is 0.471. The number of urea groups is 1. The first-order valence-corrected chi connectivity index (χ1v) is 9.64. The number of fused-ring (bicyclic) bond motifs is 1. The summed E-state index contributed by atoms with van der Waals surface area (Å²) in [6.07, 6.45) is 4.66. The van der Waals surface area contributed by atoms with Gasteiger partial charge in [-0.1, -0.05) is 18.6 Å². The van der Waals surface area contributed by atoms with E-state index >= 15 is 0 Å². The molecule has 2 heterocycles. The van der Waals surface area contributed by atoms with E-state index < -0.39 is 0 Å². The van der Waals surface area contributed by atoms with E-state index in [9.17, 15) is 14.5 Å². The van der Waals surface area contributed by atoms with Gasteiger partial charge in [0.05, 0.1) is 18.3 Å². The Kier molecular flexibility index (Phi) is 6.21. The lowest BCUT2D eigenvalue weighted by atomic mass is 10.0. The number of nitrogens with zero attached hydrogens (tertiary/aromatic N) is 2. The average molecular weight is 375 g/mol. The Labute approximate surface area is 155 Å². The number of nitroso groups, excluding NO2 is 1. The molecule has 3 atom stereocenters. The topological polar surface area (TPSA) is 112 Å². The van der Waals surface area contributed by atoms with Crippen molar-refractivity contribution in [1.82, 2.24) is 16.1 Å². The van der Waals surface area contributed by atoms with Crippen LogP contribution in [0, 0.1) is 4.91 Å². The Bertz CT molecular complexity index is 694. The van der Waals surface area contributed by atoms with E-state index in [1.807, 2.05) is 11.8 Å². The fourth-order valence-electron chi connectivity index (χ4n) is 3.13. The zero-order valence-corrected chi connectivity index (χ0v) is 15.0. The number of benzene rings is 1. The molecule has 2 aliphatic heterocycles. The molecule has 2 saturated heterocycles. The van der Waals surface area contributed by atoms with Crippen LogP contribution >= 0.6 is 11.8 Å². The van der Waals surface area contributed by atoms with Crippen molar-refractivity contribution < 1.29 is 9.59 Å². The average Bonchev–Trinajstić information content (AvgIpc) is 3.19. The molecule has 0 aromatic heterocycles. The van der Waals surface area contributed by atoms with Gasteiger partial charge in [0.2, 0.25) is 5.91 Å². The summed E-state index contributed by atoms with van der Waals surface area (Å²) in [5.74, 6) is 0.827. The second kappa shape index (κ2) is 8.79. The zero-order valence-electron chi connectivity index (χ0n) is 14.2. The molecule has 0 radical (unpaired) electrons. The molecule has 3 rings (SSSR count). The minimum Gasteiger partial charge on any atom is -0.332 e. The van der Waals surface area contributed by atoms with Crippen molar-refractivity contribution in [2.75, 3.05) is 5.75 Å². The van der Waals surface area contributed by atoms with Crippen molar-refractivity contribution >= 4 is 35.6 Å². The van der Waals surface area contributed by atoms with E-state index in [4.69, 9.17) is 0 Å². The summed E-state index contributed by atoms with van der Waals surface area (Å²) in [5.41, 5.74) is 3.63. The highest BCUT2D eigenvalue weighted by Gasteiger charge is 2.42. The maximum Gasteiger partial charge on any atom is 0.315 e. The van der Waals surface area contributed by atoms with Crippen molar-refractivity contribution in [3.8, 4) is 0 Å². The minimum atomic E-state index is -0.125. The van der Waals surface area contributed by atoms with Crippen LogP contribution in [-0.2, 0) is 4.79 Å². The number of thioether (sulfide) groups is 1. The minimum absolute atomic E-state index is 0.0698. The summed E-state index contributed by atoms with van der Waals surface area (Å²) in [5, 5.41) is 13.1. The number of hydrogen-bond acceptors (Lipinski definition) is 6. The first-order valence-electron chi connectivity index (χ1n) is 8.59. The molecule has 1 aromatic carbocycles.